The molecule has 2 rings (SSSR count). The molecule has 21 heavy (non-hydrogen) atoms. The fourth-order valence-corrected chi connectivity index (χ4v) is 3.51. The highest BCUT2D eigenvalue weighted by atomic mass is 35.5. The zero-order valence-corrected chi connectivity index (χ0v) is 13.7. The van der Waals surface area contributed by atoms with Crippen LogP contribution < -0.4 is 5.73 Å². The Morgan fingerprint density at radius 2 is 2.00 bits per heavy atom. The van der Waals surface area contributed by atoms with Crippen LogP contribution in [0.2, 0.25) is 5.02 Å². The Balaban J connectivity index is 2.28. The number of ether oxygens (including phenoxy) is 2. The van der Waals surface area contributed by atoms with Crippen LogP contribution in [0.3, 0.4) is 0 Å². The van der Waals surface area contributed by atoms with Crippen LogP contribution >= 0.6 is 11.6 Å². The molecular weight excluding hydrogens is 290 g/mol. The van der Waals surface area contributed by atoms with Crippen LogP contribution in [-0.2, 0) is 16.0 Å². The summed E-state index contributed by atoms with van der Waals surface area (Å²) in [6.45, 7) is 1.23. The normalized spacial score (nSPS) is 20.2. The van der Waals surface area contributed by atoms with E-state index in [1.54, 1.807) is 20.4 Å². The number of methoxy groups -OCH3 is 2. The molecule has 1 fully saturated rings. The van der Waals surface area contributed by atoms with E-state index in [1.807, 2.05) is 4.68 Å². The van der Waals surface area contributed by atoms with Gasteiger partial charge in [0.2, 0.25) is 0 Å². The van der Waals surface area contributed by atoms with Gasteiger partial charge in [-0.2, -0.15) is 5.10 Å². The van der Waals surface area contributed by atoms with Crippen molar-refractivity contribution < 1.29 is 9.47 Å². The Morgan fingerprint density at radius 1 is 1.33 bits per heavy atom. The highest BCUT2D eigenvalue weighted by molar-refractivity contribution is 6.31. The van der Waals surface area contributed by atoms with Crippen molar-refractivity contribution in [3.05, 3.63) is 16.9 Å². The van der Waals surface area contributed by atoms with E-state index in [1.165, 1.54) is 12.8 Å². The van der Waals surface area contributed by atoms with Crippen LogP contribution in [0, 0.1) is 0 Å². The molecule has 1 aromatic rings. The number of aromatic nitrogens is 2. The molecule has 1 aliphatic carbocycles. The maximum absolute atomic E-state index is 6.59. The first kappa shape index (κ1) is 16.7. The molecule has 0 radical (unpaired) electrons. The van der Waals surface area contributed by atoms with Gasteiger partial charge in [0, 0.05) is 14.2 Å². The second-order valence-electron chi connectivity index (χ2n) is 5.75. The molecule has 1 heterocycles. The molecule has 5 nitrogen and oxygen atoms in total. The van der Waals surface area contributed by atoms with E-state index < -0.39 is 0 Å². The first-order valence-corrected chi connectivity index (χ1v) is 8.03. The summed E-state index contributed by atoms with van der Waals surface area (Å²) in [6, 6.07) is -0.271. The Kier molecular flexibility index (Phi) is 6.05. The van der Waals surface area contributed by atoms with Crippen molar-refractivity contribution in [3.8, 4) is 0 Å². The molecule has 6 heteroatoms. The highest BCUT2D eigenvalue weighted by Crippen LogP contribution is 2.40. The van der Waals surface area contributed by atoms with Crippen LogP contribution in [0.15, 0.2) is 6.20 Å². The number of hydrogen-bond acceptors (Lipinski definition) is 4. The third-order valence-corrected chi connectivity index (χ3v) is 4.85. The van der Waals surface area contributed by atoms with E-state index >= 15 is 0 Å². The molecule has 0 amide bonds. The maximum Gasteiger partial charge on any atom is 0.0886 e. The molecule has 1 aromatic heterocycles. The summed E-state index contributed by atoms with van der Waals surface area (Å²) in [4.78, 5) is 0. The molecule has 0 aliphatic heterocycles. The van der Waals surface area contributed by atoms with Crippen LogP contribution in [0.1, 0.15) is 50.3 Å². The summed E-state index contributed by atoms with van der Waals surface area (Å²) in [5, 5.41) is 4.94. The van der Waals surface area contributed by atoms with E-state index in [0.29, 0.717) is 18.2 Å². The van der Waals surface area contributed by atoms with E-state index in [2.05, 4.69) is 5.10 Å². The highest BCUT2D eigenvalue weighted by Gasteiger charge is 2.40. The van der Waals surface area contributed by atoms with Gasteiger partial charge in [-0.3, -0.25) is 4.68 Å². The third-order valence-electron chi connectivity index (χ3n) is 4.56. The lowest BCUT2D eigenvalue weighted by Crippen LogP contribution is -2.44. The van der Waals surface area contributed by atoms with Gasteiger partial charge in [-0.25, -0.2) is 0 Å². The fourth-order valence-electron chi connectivity index (χ4n) is 3.26. The summed E-state index contributed by atoms with van der Waals surface area (Å²) < 4.78 is 12.9. The molecule has 1 unspecified atom stereocenters. The van der Waals surface area contributed by atoms with E-state index in [-0.39, 0.29) is 11.6 Å². The van der Waals surface area contributed by atoms with Crippen molar-refractivity contribution in [1.29, 1.82) is 0 Å². The maximum atomic E-state index is 6.59. The van der Waals surface area contributed by atoms with E-state index in [4.69, 9.17) is 26.8 Å². The number of nitrogens with two attached hydrogens (primary N) is 1. The van der Waals surface area contributed by atoms with Crippen LogP contribution in [0.25, 0.3) is 0 Å². The van der Waals surface area contributed by atoms with Crippen LogP contribution in [-0.4, -0.2) is 36.2 Å². The van der Waals surface area contributed by atoms with Crippen molar-refractivity contribution in [2.45, 2.75) is 56.7 Å². The summed E-state index contributed by atoms with van der Waals surface area (Å²) in [7, 11) is 3.43. The topological polar surface area (TPSA) is 62.3 Å². The molecule has 0 saturated heterocycles. The first-order chi connectivity index (χ1) is 10.1. The quantitative estimate of drug-likeness (QED) is 0.820. The van der Waals surface area contributed by atoms with Crippen molar-refractivity contribution >= 4 is 11.6 Å². The van der Waals surface area contributed by atoms with Crippen LogP contribution in [0.4, 0.5) is 0 Å². The lowest BCUT2D eigenvalue weighted by atomic mass is 9.84. The van der Waals surface area contributed by atoms with Gasteiger partial charge in [-0.05, 0) is 12.8 Å². The van der Waals surface area contributed by atoms with Gasteiger partial charge in [-0.15, -0.1) is 0 Å². The Bertz CT molecular complexity index is 442. The Labute approximate surface area is 131 Å². The monoisotopic (exact) mass is 315 g/mol. The smallest absolute Gasteiger partial charge is 0.0886 e. The largest absolute Gasteiger partial charge is 0.383 e. The number of nitrogens with zero attached hydrogens (tertiary/aromatic N) is 2. The van der Waals surface area contributed by atoms with E-state index in [9.17, 15) is 0 Å². The summed E-state index contributed by atoms with van der Waals surface area (Å²) in [6.07, 6.45) is 8.37. The molecule has 1 saturated carbocycles. The SMILES string of the molecule is COCCn1ncc(Cl)c1C(N)C1(OC)CCCCCC1. The standard InChI is InChI=1S/C15H26ClN3O2/c1-20-10-9-19-13(12(16)11-18-19)14(17)15(21-2)7-5-3-4-6-8-15/h11,14H,3-10,17H2,1-2H3. The second-order valence-corrected chi connectivity index (χ2v) is 6.16. The van der Waals surface area contributed by atoms with Crippen molar-refractivity contribution in [3.63, 3.8) is 0 Å². The third kappa shape index (κ3) is 3.59. The lowest BCUT2D eigenvalue weighted by Gasteiger charge is -2.37. The zero-order chi connectivity index (χ0) is 15.3. The fraction of sp³-hybridized carbons (Fsp3) is 0.800. The van der Waals surface area contributed by atoms with Crippen molar-refractivity contribution in [1.82, 2.24) is 9.78 Å². The number of rotatable bonds is 6. The molecular formula is C15H26ClN3O2. The summed E-state index contributed by atoms with van der Waals surface area (Å²) >= 11 is 6.34. The summed E-state index contributed by atoms with van der Waals surface area (Å²) in [5.41, 5.74) is 7.11. The lowest BCUT2D eigenvalue weighted by molar-refractivity contribution is -0.0462. The first-order valence-electron chi connectivity index (χ1n) is 7.65. The average molecular weight is 316 g/mol. The average Bonchev–Trinajstić information content (AvgIpc) is 2.72. The molecule has 1 aliphatic rings. The minimum Gasteiger partial charge on any atom is -0.383 e. The molecule has 0 aromatic carbocycles. The number of halogens is 1. The predicted octanol–water partition coefficient (Wildman–Crippen LogP) is 2.92. The molecule has 2 N–H and O–H groups in total. The van der Waals surface area contributed by atoms with E-state index in [0.717, 1.165) is 31.4 Å². The Morgan fingerprint density at radius 3 is 2.57 bits per heavy atom. The molecule has 120 valence electrons. The van der Waals surface area contributed by atoms with Crippen molar-refractivity contribution in [2.24, 2.45) is 5.73 Å². The van der Waals surface area contributed by atoms with Gasteiger partial charge in [0.25, 0.3) is 0 Å². The van der Waals surface area contributed by atoms with Gasteiger partial charge < -0.3 is 15.2 Å². The molecule has 0 spiro atoms. The van der Waals surface area contributed by atoms with Gasteiger partial charge in [-0.1, -0.05) is 37.3 Å². The zero-order valence-electron chi connectivity index (χ0n) is 13.0. The minimum atomic E-state index is -0.342. The van der Waals surface area contributed by atoms with Gasteiger partial charge >= 0.3 is 0 Å². The predicted molar refractivity (Wildman–Crippen MR) is 83.5 cm³/mol. The second kappa shape index (κ2) is 7.58. The van der Waals surface area contributed by atoms with Gasteiger partial charge in [0.1, 0.15) is 0 Å². The van der Waals surface area contributed by atoms with Gasteiger partial charge in [0.05, 0.1) is 41.7 Å². The Hall–Kier alpha value is -0.620. The van der Waals surface area contributed by atoms with Crippen molar-refractivity contribution in [2.75, 3.05) is 20.8 Å². The van der Waals surface area contributed by atoms with Crippen LogP contribution in [0.5, 0.6) is 0 Å². The summed E-state index contributed by atoms with van der Waals surface area (Å²) in [5.74, 6) is 0. The molecule has 1 atom stereocenters. The number of hydrogen-bond donors (Lipinski definition) is 1. The minimum absolute atomic E-state index is 0.271. The van der Waals surface area contributed by atoms with Gasteiger partial charge in [0.15, 0.2) is 0 Å². The molecule has 0 bridgehead atoms.